The molecule has 0 aliphatic carbocycles. The van der Waals surface area contributed by atoms with Gasteiger partial charge in [-0.1, -0.05) is 25.1 Å². The molecule has 0 amide bonds. The van der Waals surface area contributed by atoms with E-state index in [0.29, 0.717) is 18.1 Å². The fraction of sp³-hybridized carbons (Fsp3) is 0.438. The molecule has 1 aromatic carbocycles. The van der Waals surface area contributed by atoms with E-state index in [9.17, 15) is 4.79 Å². The van der Waals surface area contributed by atoms with Crippen molar-refractivity contribution in [3.8, 4) is 0 Å². The van der Waals surface area contributed by atoms with Crippen LogP contribution in [0.3, 0.4) is 0 Å². The van der Waals surface area contributed by atoms with Crippen LogP contribution >= 0.6 is 0 Å². The molecule has 2 aliphatic heterocycles. The van der Waals surface area contributed by atoms with Gasteiger partial charge in [-0.05, 0) is 37.8 Å². The van der Waals surface area contributed by atoms with Crippen molar-refractivity contribution in [1.29, 1.82) is 0 Å². The Morgan fingerprint density at radius 3 is 2.67 bits per heavy atom. The summed E-state index contributed by atoms with van der Waals surface area (Å²) in [6.45, 7) is 6.38. The molecular formula is C16H19NO. The fourth-order valence-corrected chi connectivity index (χ4v) is 3.28. The monoisotopic (exact) mass is 241 g/mol. The van der Waals surface area contributed by atoms with Crippen molar-refractivity contribution in [1.82, 2.24) is 0 Å². The molecule has 2 nitrogen and oxygen atoms in total. The van der Waals surface area contributed by atoms with Crippen molar-refractivity contribution >= 4 is 11.5 Å². The summed E-state index contributed by atoms with van der Waals surface area (Å²) in [4.78, 5) is 14.4. The third kappa shape index (κ3) is 1.52. The number of allylic oxidation sites excluding steroid dienone is 2. The molecule has 2 heterocycles. The summed E-state index contributed by atoms with van der Waals surface area (Å²) in [6.07, 6.45) is 1.62. The first-order valence-electron chi connectivity index (χ1n) is 6.70. The van der Waals surface area contributed by atoms with Crippen LogP contribution < -0.4 is 4.90 Å². The summed E-state index contributed by atoms with van der Waals surface area (Å²) in [6, 6.07) is 8.88. The SMILES string of the molecule is CC1=C2CC(C)c3ccccc3N2C(C)CC1=O. The normalized spacial score (nSPS) is 27.1. The number of nitrogens with zero attached hydrogens (tertiary/aromatic N) is 1. The van der Waals surface area contributed by atoms with Gasteiger partial charge < -0.3 is 4.90 Å². The van der Waals surface area contributed by atoms with Crippen molar-refractivity contribution in [3.63, 3.8) is 0 Å². The van der Waals surface area contributed by atoms with Gasteiger partial charge >= 0.3 is 0 Å². The number of Topliss-reactive ketones (excluding diaryl/α,β-unsaturated/α-hetero) is 1. The summed E-state index contributed by atoms with van der Waals surface area (Å²) in [5.74, 6) is 0.820. The Balaban J connectivity index is 2.21. The highest BCUT2D eigenvalue weighted by molar-refractivity contribution is 5.98. The maximum absolute atomic E-state index is 12.0. The number of hydrogen-bond acceptors (Lipinski definition) is 2. The van der Waals surface area contributed by atoms with Gasteiger partial charge in [-0.15, -0.1) is 0 Å². The first-order valence-corrected chi connectivity index (χ1v) is 6.70. The minimum absolute atomic E-state index is 0.282. The topological polar surface area (TPSA) is 20.3 Å². The minimum Gasteiger partial charge on any atom is -0.341 e. The van der Waals surface area contributed by atoms with Crippen LogP contribution in [0.4, 0.5) is 5.69 Å². The van der Waals surface area contributed by atoms with Gasteiger partial charge in [-0.2, -0.15) is 0 Å². The lowest BCUT2D eigenvalue weighted by molar-refractivity contribution is -0.116. The number of fused-ring (bicyclic) bond motifs is 3. The number of para-hydroxylation sites is 1. The van der Waals surface area contributed by atoms with Crippen molar-refractivity contribution in [3.05, 3.63) is 41.1 Å². The van der Waals surface area contributed by atoms with E-state index in [1.54, 1.807) is 0 Å². The van der Waals surface area contributed by atoms with Crippen LogP contribution in [0.1, 0.15) is 45.1 Å². The number of rotatable bonds is 0. The van der Waals surface area contributed by atoms with Gasteiger partial charge in [0.2, 0.25) is 0 Å². The Hall–Kier alpha value is -1.57. The lowest BCUT2D eigenvalue weighted by Crippen LogP contribution is -2.42. The van der Waals surface area contributed by atoms with Crippen LogP contribution in [0.25, 0.3) is 0 Å². The molecule has 2 aliphatic rings. The zero-order valence-corrected chi connectivity index (χ0v) is 11.2. The summed E-state index contributed by atoms with van der Waals surface area (Å²) >= 11 is 0. The van der Waals surface area contributed by atoms with Crippen molar-refractivity contribution < 1.29 is 4.79 Å². The van der Waals surface area contributed by atoms with Crippen molar-refractivity contribution in [2.75, 3.05) is 4.90 Å². The second-order valence-corrected chi connectivity index (χ2v) is 5.58. The maximum Gasteiger partial charge on any atom is 0.162 e. The second kappa shape index (κ2) is 3.98. The molecule has 0 spiro atoms. The number of carbonyl (C=O) groups excluding carboxylic acids is 1. The quantitative estimate of drug-likeness (QED) is 0.691. The molecule has 18 heavy (non-hydrogen) atoms. The molecule has 0 saturated carbocycles. The van der Waals surface area contributed by atoms with Crippen LogP contribution in [-0.4, -0.2) is 11.8 Å². The van der Waals surface area contributed by atoms with E-state index < -0.39 is 0 Å². The number of ketones is 1. The molecule has 3 rings (SSSR count). The Labute approximate surface area is 108 Å². The smallest absolute Gasteiger partial charge is 0.162 e. The Kier molecular flexibility index (Phi) is 2.54. The summed E-state index contributed by atoms with van der Waals surface area (Å²) in [7, 11) is 0. The molecule has 1 aromatic rings. The summed E-state index contributed by atoms with van der Waals surface area (Å²) < 4.78 is 0. The maximum atomic E-state index is 12.0. The number of hydrogen-bond donors (Lipinski definition) is 0. The molecule has 0 saturated heterocycles. The number of anilines is 1. The first kappa shape index (κ1) is 11.5. The molecule has 0 aromatic heterocycles. The Morgan fingerprint density at radius 1 is 1.17 bits per heavy atom. The molecule has 94 valence electrons. The lowest BCUT2D eigenvalue weighted by atomic mass is 9.83. The Morgan fingerprint density at radius 2 is 1.89 bits per heavy atom. The highest BCUT2D eigenvalue weighted by atomic mass is 16.1. The van der Waals surface area contributed by atoms with E-state index >= 15 is 0 Å². The van der Waals surface area contributed by atoms with Crippen molar-refractivity contribution in [2.24, 2.45) is 0 Å². The number of carbonyl (C=O) groups is 1. The van der Waals surface area contributed by atoms with Gasteiger partial charge in [0.05, 0.1) is 0 Å². The van der Waals surface area contributed by atoms with Crippen molar-refractivity contribution in [2.45, 2.75) is 45.6 Å². The van der Waals surface area contributed by atoms with Crippen LogP contribution in [-0.2, 0) is 4.79 Å². The van der Waals surface area contributed by atoms with E-state index in [1.807, 2.05) is 6.92 Å². The minimum atomic E-state index is 0.282. The standard InChI is InChI=1S/C16H19NO/c1-10-8-15-12(3)16(18)9-11(2)17(15)14-7-5-4-6-13(10)14/h4-7,10-11H,8-9H2,1-3H3. The molecular weight excluding hydrogens is 222 g/mol. The average Bonchev–Trinajstić information content (AvgIpc) is 2.36. The largest absolute Gasteiger partial charge is 0.341 e. The molecule has 2 unspecified atom stereocenters. The van der Waals surface area contributed by atoms with E-state index in [0.717, 1.165) is 12.0 Å². The van der Waals surface area contributed by atoms with Gasteiger partial charge in [0.25, 0.3) is 0 Å². The van der Waals surface area contributed by atoms with E-state index in [1.165, 1.54) is 16.9 Å². The Bertz CT molecular complexity index is 544. The molecule has 0 fully saturated rings. The predicted octanol–water partition coefficient (Wildman–Crippen LogP) is 3.64. The van der Waals surface area contributed by atoms with E-state index in [-0.39, 0.29) is 6.04 Å². The van der Waals surface area contributed by atoms with Gasteiger partial charge in [0.15, 0.2) is 5.78 Å². The summed E-state index contributed by atoms with van der Waals surface area (Å²) in [5.41, 5.74) is 4.92. The van der Waals surface area contributed by atoms with Crippen LogP contribution in [0, 0.1) is 0 Å². The lowest BCUT2D eigenvalue weighted by Gasteiger charge is -2.43. The van der Waals surface area contributed by atoms with E-state index in [4.69, 9.17) is 0 Å². The second-order valence-electron chi connectivity index (χ2n) is 5.58. The highest BCUT2D eigenvalue weighted by Gasteiger charge is 2.35. The average molecular weight is 241 g/mol. The van der Waals surface area contributed by atoms with Gasteiger partial charge in [0, 0.05) is 29.4 Å². The first-order chi connectivity index (χ1) is 8.59. The molecule has 2 atom stereocenters. The molecule has 0 N–H and O–H groups in total. The van der Waals surface area contributed by atoms with E-state index in [2.05, 4.69) is 43.0 Å². The van der Waals surface area contributed by atoms with Crippen LogP contribution in [0.15, 0.2) is 35.5 Å². The van der Waals surface area contributed by atoms with Crippen LogP contribution in [0.5, 0.6) is 0 Å². The third-order valence-corrected chi connectivity index (χ3v) is 4.29. The molecule has 0 radical (unpaired) electrons. The highest BCUT2D eigenvalue weighted by Crippen LogP contribution is 2.44. The van der Waals surface area contributed by atoms with Gasteiger partial charge in [-0.3, -0.25) is 4.79 Å². The molecule has 0 bridgehead atoms. The summed E-state index contributed by atoms with van der Waals surface area (Å²) in [5, 5.41) is 0. The third-order valence-electron chi connectivity index (χ3n) is 4.29. The van der Waals surface area contributed by atoms with Crippen LogP contribution in [0.2, 0.25) is 0 Å². The predicted molar refractivity (Wildman–Crippen MR) is 73.7 cm³/mol. The fourth-order valence-electron chi connectivity index (χ4n) is 3.28. The van der Waals surface area contributed by atoms with Gasteiger partial charge in [0.1, 0.15) is 0 Å². The van der Waals surface area contributed by atoms with Gasteiger partial charge in [-0.25, -0.2) is 0 Å². The molecule has 2 heteroatoms. The zero-order chi connectivity index (χ0) is 12.9. The number of benzene rings is 1. The zero-order valence-electron chi connectivity index (χ0n) is 11.2.